The number of hydrogen-bond donors (Lipinski definition) is 2. The first-order valence-electron chi connectivity index (χ1n) is 11.4. The maximum atomic E-state index is 13.3. The number of methoxy groups -OCH3 is 1. The number of anilines is 1. The van der Waals surface area contributed by atoms with Crippen molar-refractivity contribution in [1.29, 1.82) is 0 Å². The van der Waals surface area contributed by atoms with Crippen molar-refractivity contribution in [3.8, 4) is 11.5 Å². The standard InChI is InChI=1S/C26H30N4O4/c1-6-13-34-20-14-18(11-12-19(20)33-5)22-21-16(3)29-30(4)24(21)28-26(32)23(22)27-25(31)17-9-7-15(2)8-10-17/h7-12,14,22-23H,6,13H2,1-5H3,(H,27,31)(H,28,32)/t22-,23+/m1/s1. The number of aromatic nitrogens is 2. The lowest BCUT2D eigenvalue weighted by atomic mass is 9.81. The van der Waals surface area contributed by atoms with Crippen LogP contribution in [-0.4, -0.2) is 41.4 Å². The average molecular weight is 463 g/mol. The molecule has 1 aliphatic heterocycles. The zero-order valence-corrected chi connectivity index (χ0v) is 20.1. The lowest BCUT2D eigenvalue weighted by molar-refractivity contribution is -0.118. The van der Waals surface area contributed by atoms with Crippen molar-refractivity contribution in [2.24, 2.45) is 7.05 Å². The van der Waals surface area contributed by atoms with Crippen LogP contribution in [0.2, 0.25) is 0 Å². The van der Waals surface area contributed by atoms with Crippen LogP contribution in [0.4, 0.5) is 5.82 Å². The molecule has 1 aliphatic rings. The van der Waals surface area contributed by atoms with Gasteiger partial charge >= 0.3 is 0 Å². The van der Waals surface area contributed by atoms with Crippen LogP contribution >= 0.6 is 0 Å². The molecule has 8 heteroatoms. The van der Waals surface area contributed by atoms with Gasteiger partial charge in [0.2, 0.25) is 5.91 Å². The van der Waals surface area contributed by atoms with E-state index < -0.39 is 12.0 Å². The molecule has 178 valence electrons. The molecule has 0 fully saturated rings. The molecule has 0 spiro atoms. The Balaban J connectivity index is 1.79. The summed E-state index contributed by atoms with van der Waals surface area (Å²) in [5.74, 6) is 0.765. The summed E-state index contributed by atoms with van der Waals surface area (Å²) in [4.78, 5) is 26.4. The van der Waals surface area contributed by atoms with Gasteiger partial charge in [-0.25, -0.2) is 0 Å². The van der Waals surface area contributed by atoms with Gasteiger partial charge in [-0.05, 0) is 50.1 Å². The first-order chi connectivity index (χ1) is 16.3. The topological polar surface area (TPSA) is 94.5 Å². The summed E-state index contributed by atoms with van der Waals surface area (Å²) in [5, 5.41) is 10.4. The minimum absolute atomic E-state index is 0.298. The van der Waals surface area contributed by atoms with Crippen LogP contribution in [0, 0.1) is 13.8 Å². The van der Waals surface area contributed by atoms with Gasteiger partial charge in [0, 0.05) is 24.1 Å². The van der Waals surface area contributed by atoms with Crippen LogP contribution < -0.4 is 20.1 Å². The van der Waals surface area contributed by atoms with Gasteiger partial charge in [-0.1, -0.05) is 30.7 Å². The number of ether oxygens (including phenoxy) is 2. The molecule has 2 amide bonds. The summed E-state index contributed by atoms with van der Waals surface area (Å²) in [7, 11) is 3.38. The summed E-state index contributed by atoms with van der Waals surface area (Å²) in [6, 6.07) is 12.0. The van der Waals surface area contributed by atoms with E-state index in [0.29, 0.717) is 29.5 Å². The highest BCUT2D eigenvalue weighted by molar-refractivity contribution is 6.03. The number of benzene rings is 2. The molecule has 4 rings (SSSR count). The maximum Gasteiger partial charge on any atom is 0.251 e. The Morgan fingerprint density at radius 3 is 2.56 bits per heavy atom. The molecular formula is C26H30N4O4. The van der Waals surface area contributed by atoms with Gasteiger partial charge in [0.25, 0.3) is 5.91 Å². The van der Waals surface area contributed by atoms with Crippen LogP contribution in [-0.2, 0) is 11.8 Å². The lowest BCUT2D eigenvalue weighted by Crippen LogP contribution is -2.50. The van der Waals surface area contributed by atoms with E-state index in [4.69, 9.17) is 9.47 Å². The second-order valence-corrected chi connectivity index (χ2v) is 8.51. The zero-order valence-electron chi connectivity index (χ0n) is 20.1. The molecular weight excluding hydrogens is 432 g/mol. The van der Waals surface area contributed by atoms with E-state index in [-0.39, 0.29) is 11.8 Å². The molecule has 0 aliphatic carbocycles. The molecule has 2 N–H and O–H groups in total. The Morgan fingerprint density at radius 1 is 1.15 bits per heavy atom. The predicted molar refractivity (Wildman–Crippen MR) is 130 cm³/mol. The van der Waals surface area contributed by atoms with Crippen molar-refractivity contribution in [3.63, 3.8) is 0 Å². The van der Waals surface area contributed by atoms with Gasteiger partial charge in [0.05, 0.1) is 19.4 Å². The Bertz CT molecular complexity index is 1220. The van der Waals surface area contributed by atoms with Gasteiger partial charge in [-0.3, -0.25) is 14.3 Å². The normalized spacial score (nSPS) is 17.0. The number of fused-ring (bicyclic) bond motifs is 1. The number of hydrogen-bond acceptors (Lipinski definition) is 5. The predicted octanol–water partition coefficient (Wildman–Crippen LogP) is 3.72. The van der Waals surface area contributed by atoms with Crippen molar-refractivity contribution in [3.05, 3.63) is 70.4 Å². The monoisotopic (exact) mass is 462 g/mol. The Labute approximate surface area is 199 Å². The first-order valence-corrected chi connectivity index (χ1v) is 11.4. The van der Waals surface area contributed by atoms with Crippen LogP contribution in [0.3, 0.4) is 0 Å². The number of nitrogens with one attached hydrogen (secondary N) is 2. The van der Waals surface area contributed by atoms with E-state index in [1.165, 1.54) is 0 Å². The zero-order chi connectivity index (χ0) is 24.4. The van der Waals surface area contributed by atoms with Gasteiger partial charge in [-0.2, -0.15) is 5.10 Å². The van der Waals surface area contributed by atoms with Crippen LogP contribution in [0.1, 0.15) is 52.0 Å². The van der Waals surface area contributed by atoms with Crippen molar-refractivity contribution >= 4 is 17.6 Å². The molecule has 1 aromatic heterocycles. The highest BCUT2D eigenvalue weighted by atomic mass is 16.5. The number of carbonyl (C=O) groups excluding carboxylic acids is 2. The Morgan fingerprint density at radius 2 is 1.88 bits per heavy atom. The molecule has 8 nitrogen and oxygen atoms in total. The van der Waals surface area contributed by atoms with Gasteiger partial charge < -0.3 is 20.1 Å². The first kappa shape index (κ1) is 23.4. The summed E-state index contributed by atoms with van der Waals surface area (Å²) in [5.41, 5.74) is 4.02. The minimum Gasteiger partial charge on any atom is -0.493 e. The molecule has 34 heavy (non-hydrogen) atoms. The fraction of sp³-hybridized carbons (Fsp3) is 0.346. The van der Waals surface area contributed by atoms with Crippen molar-refractivity contribution in [2.45, 2.75) is 39.2 Å². The van der Waals surface area contributed by atoms with E-state index in [1.807, 2.05) is 51.1 Å². The fourth-order valence-electron chi connectivity index (χ4n) is 4.36. The van der Waals surface area contributed by atoms with Gasteiger partial charge in [0.1, 0.15) is 11.9 Å². The Kier molecular flexibility index (Phi) is 6.58. The summed E-state index contributed by atoms with van der Waals surface area (Å²) in [6.07, 6.45) is 0.848. The van der Waals surface area contributed by atoms with Gasteiger partial charge in [0.15, 0.2) is 11.5 Å². The van der Waals surface area contributed by atoms with Crippen LogP contribution in [0.5, 0.6) is 11.5 Å². The lowest BCUT2D eigenvalue weighted by Gasteiger charge is -2.33. The molecule has 2 aromatic carbocycles. The molecule has 3 aromatic rings. The highest BCUT2D eigenvalue weighted by Crippen LogP contribution is 2.41. The van der Waals surface area contributed by atoms with Crippen molar-refractivity contribution < 1.29 is 19.1 Å². The van der Waals surface area contributed by atoms with E-state index in [9.17, 15) is 9.59 Å². The quantitative estimate of drug-likeness (QED) is 0.558. The molecule has 2 heterocycles. The average Bonchev–Trinajstić information content (AvgIpc) is 3.10. The number of nitrogens with zero attached hydrogens (tertiary/aromatic N) is 2. The second-order valence-electron chi connectivity index (χ2n) is 8.51. The van der Waals surface area contributed by atoms with Crippen molar-refractivity contribution in [2.75, 3.05) is 19.0 Å². The summed E-state index contributed by atoms with van der Waals surface area (Å²) < 4.78 is 13.1. The number of rotatable bonds is 7. The SMILES string of the molecule is CCCOc1cc([C@@H]2c3c(C)nn(C)c3NC(=O)[C@H]2NC(=O)c2ccc(C)cc2)ccc1OC. The summed E-state index contributed by atoms with van der Waals surface area (Å²) in [6.45, 7) is 6.43. The molecule has 0 unspecified atom stereocenters. The summed E-state index contributed by atoms with van der Waals surface area (Å²) >= 11 is 0. The molecule has 0 bridgehead atoms. The van der Waals surface area contributed by atoms with E-state index in [2.05, 4.69) is 15.7 Å². The maximum absolute atomic E-state index is 13.3. The molecule has 2 atom stereocenters. The minimum atomic E-state index is -0.836. The fourth-order valence-corrected chi connectivity index (χ4v) is 4.36. The van der Waals surface area contributed by atoms with Gasteiger partial charge in [-0.15, -0.1) is 0 Å². The third-order valence-electron chi connectivity index (χ3n) is 6.05. The van der Waals surface area contributed by atoms with Crippen molar-refractivity contribution in [1.82, 2.24) is 15.1 Å². The molecule has 0 saturated carbocycles. The van der Waals surface area contributed by atoms with E-state index in [1.54, 1.807) is 31.0 Å². The molecule has 0 saturated heterocycles. The smallest absolute Gasteiger partial charge is 0.251 e. The number of amides is 2. The van der Waals surface area contributed by atoms with Crippen LogP contribution in [0.15, 0.2) is 42.5 Å². The third kappa shape index (κ3) is 4.35. The van der Waals surface area contributed by atoms with E-state index >= 15 is 0 Å². The largest absolute Gasteiger partial charge is 0.493 e. The Hall–Kier alpha value is -3.81. The second kappa shape index (κ2) is 9.59. The highest BCUT2D eigenvalue weighted by Gasteiger charge is 2.41. The number of carbonyl (C=O) groups is 2. The third-order valence-corrected chi connectivity index (χ3v) is 6.05. The number of aryl methyl sites for hydroxylation is 3. The van der Waals surface area contributed by atoms with Crippen LogP contribution in [0.25, 0.3) is 0 Å². The molecule has 0 radical (unpaired) electrons. The van der Waals surface area contributed by atoms with E-state index in [0.717, 1.165) is 28.8 Å².